The van der Waals surface area contributed by atoms with Gasteiger partial charge in [-0.2, -0.15) is 18.3 Å². The largest absolute Gasteiger partial charge is 0.433 e. The summed E-state index contributed by atoms with van der Waals surface area (Å²) in [5.41, 5.74) is 2.39. The fourth-order valence-electron chi connectivity index (χ4n) is 3.52. The molecule has 0 aliphatic heterocycles. The number of aryl methyl sites for hydroxylation is 1. The average molecular weight is 415 g/mol. The summed E-state index contributed by atoms with van der Waals surface area (Å²) in [7, 11) is 0. The van der Waals surface area contributed by atoms with Gasteiger partial charge in [-0.3, -0.25) is 5.10 Å². The van der Waals surface area contributed by atoms with Crippen molar-refractivity contribution in [1.82, 2.24) is 34.8 Å². The van der Waals surface area contributed by atoms with Crippen LogP contribution in [-0.2, 0) is 6.18 Å². The van der Waals surface area contributed by atoms with Gasteiger partial charge in [0, 0.05) is 17.0 Å². The van der Waals surface area contributed by atoms with Crippen LogP contribution < -0.4 is 0 Å². The minimum atomic E-state index is -4.50. The molecule has 29 heavy (non-hydrogen) atoms. The third-order valence-corrected chi connectivity index (χ3v) is 6.17. The van der Waals surface area contributed by atoms with E-state index < -0.39 is 11.9 Å². The highest BCUT2D eigenvalue weighted by molar-refractivity contribution is 7.26. The van der Waals surface area contributed by atoms with Crippen molar-refractivity contribution >= 4 is 37.4 Å². The van der Waals surface area contributed by atoms with Gasteiger partial charge in [-0.25, -0.2) is 19.5 Å². The van der Waals surface area contributed by atoms with Crippen LogP contribution in [0.4, 0.5) is 13.2 Å². The lowest BCUT2D eigenvalue weighted by atomic mass is 10.1. The zero-order chi connectivity index (χ0) is 19.9. The van der Waals surface area contributed by atoms with Gasteiger partial charge in [-0.1, -0.05) is 0 Å². The van der Waals surface area contributed by atoms with Crippen molar-refractivity contribution in [3.05, 3.63) is 35.4 Å². The number of nitrogens with zero attached hydrogens (tertiary/aromatic N) is 6. The van der Waals surface area contributed by atoms with Gasteiger partial charge in [-0.15, -0.1) is 16.4 Å². The standard InChI is InChI=1S/C18H12F3N7S/c1-7-4-11(18(19,20)21)23-17-12(7)13-14(29-17)16-24-15(27-28(16)6-22-13)10-5-9(25-26-10)8-2-3-8/h4-6,8H,2-3H2,1H3,(H,25,26). The zero-order valence-electron chi connectivity index (χ0n) is 14.9. The van der Waals surface area contributed by atoms with E-state index in [1.165, 1.54) is 10.8 Å². The molecule has 1 N–H and O–H groups in total. The van der Waals surface area contributed by atoms with E-state index in [1.54, 1.807) is 6.92 Å². The Labute approximate surface area is 164 Å². The molecule has 146 valence electrons. The van der Waals surface area contributed by atoms with Gasteiger partial charge in [0.2, 0.25) is 5.82 Å². The molecule has 0 unspecified atom stereocenters. The number of hydrogen-bond donors (Lipinski definition) is 1. The summed E-state index contributed by atoms with van der Waals surface area (Å²) in [4.78, 5) is 13.1. The molecule has 1 fully saturated rings. The van der Waals surface area contributed by atoms with Gasteiger partial charge in [0.05, 0.1) is 5.52 Å². The number of halogens is 3. The van der Waals surface area contributed by atoms with Crippen LogP contribution in [0.5, 0.6) is 0 Å². The SMILES string of the molecule is Cc1cc(C(F)(F)F)nc2sc3c(ncn4nc(-c5cc(C6CC6)[nH]n5)nc34)c12. The van der Waals surface area contributed by atoms with E-state index >= 15 is 0 Å². The normalized spacial score (nSPS) is 15.2. The Morgan fingerprint density at radius 2 is 2.03 bits per heavy atom. The highest BCUT2D eigenvalue weighted by Gasteiger charge is 2.34. The summed E-state index contributed by atoms with van der Waals surface area (Å²) in [5, 5.41) is 12.4. The number of H-pyrrole nitrogens is 1. The summed E-state index contributed by atoms with van der Waals surface area (Å²) >= 11 is 1.14. The number of alkyl halides is 3. The van der Waals surface area contributed by atoms with Crippen molar-refractivity contribution < 1.29 is 13.2 Å². The van der Waals surface area contributed by atoms with Crippen molar-refractivity contribution in [3.8, 4) is 11.5 Å². The molecule has 5 aromatic heterocycles. The maximum absolute atomic E-state index is 13.1. The Bertz CT molecular complexity index is 1420. The molecule has 0 bridgehead atoms. The molecule has 0 amide bonds. The Morgan fingerprint density at radius 1 is 1.21 bits per heavy atom. The van der Waals surface area contributed by atoms with Gasteiger partial charge < -0.3 is 0 Å². The van der Waals surface area contributed by atoms with Crippen molar-refractivity contribution in [2.24, 2.45) is 0 Å². The van der Waals surface area contributed by atoms with E-state index in [2.05, 4.69) is 30.2 Å². The smallest absolute Gasteiger partial charge is 0.282 e. The second-order valence-corrected chi connectivity index (χ2v) is 8.21. The van der Waals surface area contributed by atoms with Crippen molar-refractivity contribution in [2.45, 2.75) is 31.9 Å². The van der Waals surface area contributed by atoms with Gasteiger partial charge in [0.25, 0.3) is 0 Å². The number of aromatic amines is 1. The Hall–Kier alpha value is -3.08. The van der Waals surface area contributed by atoms with E-state index in [0.717, 1.165) is 35.9 Å². The van der Waals surface area contributed by atoms with Crippen molar-refractivity contribution in [1.29, 1.82) is 0 Å². The highest BCUT2D eigenvalue weighted by Crippen LogP contribution is 2.40. The number of rotatable bonds is 2. The molecular formula is C18H12F3N7S. The van der Waals surface area contributed by atoms with E-state index in [1.807, 2.05) is 6.07 Å². The molecule has 0 spiro atoms. The van der Waals surface area contributed by atoms with Crippen LogP contribution in [0.25, 0.3) is 37.6 Å². The lowest BCUT2D eigenvalue weighted by Gasteiger charge is -2.06. The molecule has 6 rings (SSSR count). The second kappa shape index (κ2) is 5.50. The molecular weight excluding hydrogens is 403 g/mol. The first-order valence-electron chi connectivity index (χ1n) is 8.96. The summed E-state index contributed by atoms with van der Waals surface area (Å²) in [5.74, 6) is 0.974. The monoisotopic (exact) mass is 415 g/mol. The Kier molecular flexibility index (Phi) is 3.19. The predicted octanol–water partition coefficient (Wildman–Crippen LogP) is 4.48. The molecule has 11 heteroatoms. The van der Waals surface area contributed by atoms with Crippen LogP contribution >= 0.6 is 11.3 Å². The molecule has 5 aromatic rings. The average Bonchev–Trinajstić information content (AvgIpc) is 3.10. The molecule has 0 atom stereocenters. The second-order valence-electron chi connectivity index (χ2n) is 7.21. The zero-order valence-corrected chi connectivity index (χ0v) is 15.8. The number of hydrogen-bond acceptors (Lipinski definition) is 6. The molecule has 0 radical (unpaired) electrons. The van der Waals surface area contributed by atoms with Crippen LogP contribution in [0, 0.1) is 6.92 Å². The first-order valence-corrected chi connectivity index (χ1v) is 9.78. The Morgan fingerprint density at radius 3 is 2.79 bits per heavy atom. The third-order valence-electron chi connectivity index (χ3n) is 5.10. The number of pyridine rings is 1. The number of nitrogens with one attached hydrogen (secondary N) is 1. The summed E-state index contributed by atoms with van der Waals surface area (Å²) in [6, 6.07) is 3.00. The Balaban J connectivity index is 1.57. The molecule has 0 saturated heterocycles. The number of thiophene rings is 1. The van der Waals surface area contributed by atoms with E-state index in [4.69, 9.17) is 0 Å². The van der Waals surface area contributed by atoms with Crippen LogP contribution in [-0.4, -0.2) is 34.8 Å². The fourth-order valence-corrected chi connectivity index (χ4v) is 4.70. The summed E-state index contributed by atoms with van der Waals surface area (Å²) < 4.78 is 41.6. The minimum Gasteiger partial charge on any atom is -0.282 e. The number of aromatic nitrogens is 7. The third kappa shape index (κ3) is 2.53. The van der Waals surface area contributed by atoms with Crippen LogP contribution in [0.1, 0.15) is 35.7 Å². The quantitative estimate of drug-likeness (QED) is 0.459. The van der Waals surface area contributed by atoms with Gasteiger partial charge >= 0.3 is 6.18 Å². The highest BCUT2D eigenvalue weighted by atomic mass is 32.1. The molecule has 1 aliphatic rings. The lowest BCUT2D eigenvalue weighted by molar-refractivity contribution is -0.141. The van der Waals surface area contributed by atoms with Crippen LogP contribution in [0.15, 0.2) is 18.5 Å². The molecule has 7 nitrogen and oxygen atoms in total. The predicted molar refractivity (Wildman–Crippen MR) is 101 cm³/mol. The first-order chi connectivity index (χ1) is 13.9. The van der Waals surface area contributed by atoms with E-state index in [-0.39, 0.29) is 4.83 Å². The molecule has 5 heterocycles. The summed E-state index contributed by atoms with van der Waals surface area (Å²) in [6.07, 6.45) is -0.678. The van der Waals surface area contributed by atoms with E-state index in [0.29, 0.717) is 44.2 Å². The topological polar surface area (TPSA) is 84.6 Å². The van der Waals surface area contributed by atoms with Crippen molar-refractivity contribution in [3.63, 3.8) is 0 Å². The van der Waals surface area contributed by atoms with E-state index in [9.17, 15) is 13.2 Å². The van der Waals surface area contributed by atoms with Gasteiger partial charge in [0.1, 0.15) is 27.2 Å². The van der Waals surface area contributed by atoms with Gasteiger partial charge in [-0.05, 0) is 37.5 Å². The maximum atomic E-state index is 13.1. The van der Waals surface area contributed by atoms with Crippen LogP contribution in [0.3, 0.4) is 0 Å². The lowest BCUT2D eigenvalue weighted by Crippen LogP contribution is -2.07. The molecule has 1 aliphatic carbocycles. The fraction of sp³-hybridized carbons (Fsp3) is 0.278. The van der Waals surface area contributed by atoms with Gasteiger partial charge in [0.15, 0.2) is 5.65 Å². The maximum Gasteiger partial charge on any atom is 0.433 e. The number of fused-ring (bicyclic) bond motifs is 5. The molecule has 1 saturated carbocycles. The summed E-state index contributed by atoms with van der Waals surface area (Å²) in [6.45, 7) is 1.63. The van der Waals surface area contributed by atoms with Crippen molar-refractivity contribution in [2.75, 3.05) is 0 Å². The molecule has 0 aromatic carbocycles. The van der Waals surface area contributed by atoms with Crippen LogP contribution in [0.2, 0.25) is 0 Å². The minimum absolute atomic E-state index is 0.285. The first kappa shape index (κ1) is 16.8.